The molecule has 15 heteroatoms. The van der Waals surface area contributed by atoms with E-state index in [0.29, 0.717) is 11.2 Å². The van der Waals surface area contributed by atoms with Crippen molar-refractivity contribution >= 4 is 40.4 Å². The minimum atomic E-state index is -3.57. The number of hydrogen-bond acceptors (Lipinski definition) is 10. The molecule has 0 bridgehead atoms. The number of rotatable bonds is 16. The second-order valence-corrected chi connectivity index (χ2v) is 21.4. The van der Waals surface area contributed by atoms with Gasteiger partial charge in [-0.15, -0.1) is 0 Å². The molecule has 2 aromatic rings. The van der Waals surface area contributed by atoms with Crippen molar-refractivity contribution in [1.29, 1.82) is 0 Å². The number of sulfonamides is 1. The van der Waals surface area contributed by atoms with E-state index in [4.69, 9.17) is 18.9 Å². The number of ether oxygens (including phenoxy) is 4. The Morgan fingerprint density at radius 2 is 1.61 bits per heavy atom. The van der Waals surface area contributed by atoms with Crippen LogP contribution in [0.1, 0.15) is 100 Å². The van der Waals surface area contributed by atoms with Crippen molar-refractivity contribution in [3.05, 3.63) is 12.7 Å². The molecule has 0 aliphatic carbocycles. The van der Waals surface area contributed by atoms with Gasteiger partial charge in [-0.2, -0.15) is 0 Å². The van der Waals surface area contributed by atoms with E-state index < -0.39 is 59.3 Å². The van der Waals surface area contributed by atoms with Crippen LogP contribution < -0.4 is 10.0 Å². The number of imidazole rings is 1. The van der Waals surface area contributed by atoms with E-state index in [1.54, 1.807) is 31.7 Å². The molecule has 1 amide bonds. The number of carbonyl (C=O) groups is 1. The van der Waals surface area contributed by atoms with Crippen molar-refractivity contribution in [3.8, 4) is 0 Å². The van der Waals surface area contributed by atoms with Crippen molar-refractivity contribution in [2.24, 2.45) is 0 Å². The Morgan fingerprint density at radius 3 is 2.20 bits per heavy atom. The number of amides is 1. The van der Waals surface area contributed by atoms with Crippen LogP contribution >= 0.6 is 7.26 Å². The predicted octanol–water partition coefficient (Wildman–Crippen LogP) is 5.62. The van der Waals surface area contributed by atoms with Gasteiger partial charge in [0.15, 0.2) is 0 Å². The molecule has 0 aromatic carbocycles. The van der Waals surface area contributed by atoms with Crippen molar-refractivity contribution in [3.63, 3.8) is 0 Å². The van der Waals surface area contributed by atoms with Crippen LogP contribution in [-0.2, 0) is 29.0 Å². The molecular weight excluding hydrogens is 631 g/mol. The summed E-state index contributed by atoms with van der Waals surface area (Å²) in [7, 11) is -5.62. The van der Waals surface area contributed by atoms with Gasteiger partial charge in [-0.1, -0.05) is 0 Å². The third-order valence-electron chi connectivity index (χ3n) is 8.56. The summed E-state index contributed by atoms with van der Waals surface area (Å²) in [5.74, 6) is -0.700. The summed E-state index contributed by atoms with van der Waals surface area (Å²) >= 11 is 0. The van der Waals surface area contributed by atoms with Crippen LogP contribution in [0.3, 0.4) is 0 Å². The molecule has 46 heavy (non-hydrogen) atoms. The zero-order valence-electron chi connectivity index (χ0n) is 28.8. The van der Waals surface area contributed by atoms with E-state index >= 15 is 0 Å². The quantitative estimate of drug-likeness (QED) is 0.213. The summed E-state index contributed by atoms with van der Waals surface area (Å²) in [4.78, 5) is 25.5. The number of nitrogens with one attached hydrogen (secondary N) is 2. The number of unbranched alkanes of at least 4 members (excludes halogenated alkanes) is 3. The molecule has 2 aliphatic heterocycles. The Bertz CT molecular complexity index is 1410. The molecular formula is C31H55N6O7PS. The second-order valence-electron chi connectivity index (χ2n) is 14.2. The monoisotopic (exact) mass is 686 g/mol. The van der Waals surface area contributed by atoms with Gasteiger partial charge < -0.3 is 4.74 Å². The first-order valence-electron chi connectivity index (χ1n) is 16.8. The van der Waals surface area contributed by atoms with Gasteiger partial charge in [-0.25, -0.2) is 4.79 Å². The number of nitrogens with zero attached hydrogens (tertiary/aromatic N) is 4. The Kier molecular flexibility index (Phi) is 12.1. The summed E-state index contributed by atoms with van der Waals surface area (Å²) in [6.45, 7) is 15.6. The minimum absolute atomic E-state index is 0.0618. The number of carbonyl (C=O) groups excluding carboxylic acids is 1. The number of aromatic nitrogens is 4. The fourth-order valence-electron chi connectivity index (χ4n) is 6.49. The molecule has 1 unspecified atom stereocenters. The van der Waals surface area contributed by atoms with Crippen molar-refractivity contribution < 1.29 is 32.2 Å². The van der Waals surface area contributed by atoms with Crippen molar-refractivity contribution in [2.75, 3.05) is 35.8 Å². The maximum atomic E-state index is 13.7. The van der Waals surface area contributed by atoms with E-state index in [-0.39, 0.29) is 17.9 Å². The van der Waals surface area contributed by atoms with E-state index in [1.807, 2.05) is 13.8 Å². The summed E-state index contributed by atoms with van der Waals surface area (Å²) in [5.41, 5.74) is 0.320. The molecule has 0 radical (unpaired) electrons. The van der Waals surface area contributed by atoms with Crippen LogP contribution in [0.4, 0.5) is 10.6 Å². The normalized spacial score (nSPS) is 23.5. The molecule has 2 N–H and O–H groups in total. The molecule has 13 nitrogen and oxygen atoms in total. The summed E-state index contributed by atoms with van der Waals surface area (Å²) in [6.07, 6.45) is 9.39. The van der Waals surface area contributed by atoms with Crippen LogP contribution in [0.2, 0.25) is 0 Å². The first kappa shape index (κ1) is 36.9. The Morgan fingerprint density at radius 1 is 1.00 bits per heavy atom. The Hall–Kier alpha value is -1.96. The molecule has 2 fully saturated rings. The number of anilines is 1. The second kappa shape index (κ2) is 15.1. The van der Waals surface area contributed by atoms with E-state index in [9.17, 15) is 13.2 Å². The molecule has 0 saturated carbocycles. The zero-order chi connectivity index (χ0) is 33.8. The number of hydrogen-bond donors (Lipinski definition) is 2. The van der Waals surface area contributed by atoms with Crippen LogP contribution in [0.15, 0.2) is 12.7 Å². The first-order valence-corrected chi connectivity index (χ1v) is 21.3. The summed E-state index contributed by atoms with van der Waals surface area (Å²) in [6, 6.07) is 0. The standard InChI is InChI=1S/C31H55N6O7PS/c1-9-12-15-45(16-13-10-2,17-14-11-3)21-46(39,40)35-18-22-24-25(43-31(7,8)42-24)28(41-22)37-20-34-23-26(32-19-33-27(23)37)36-29(38)44-30(4,5)6/h19-20,22,24-25,28,35,45H,9-18,21H2,1-8H3,(H,32,33,36,38)/t22-,24+,25?,28-/m1/s1. The van der Waals surface area contributed by atoms with E-state index in [0.717, 1.165) is 57.0 Å². The van der Waals surface area contributed by atoms with Crippen LogP contribution in [0, 0.1) is 0 Å². The first-order chi connectivity index (χ1) is 21.6. The third kappa shape index (κ3) is 9.35. The SMILES string of the molecule is CCCC[PH](CCCC)(CCCC)CS(=O)(=O)NC[C@H]1O[C@@H](n2cnc3c(NC(=O)OC(C)(C)C)ncnc32)C2OC(C)(C)O[C@H]21. The topological polar surface area (TPSA) is 156 Å². The zero-order valence-corrected chi connectivity index (χ0v) is 30.6. The molecule has 2 aromatic heterocycles. The summed E-state index contributed by atoms with van der Waals surface area (Å²) in [5, 5.41) is 2.65. The molecule has 0 spiro atoms. The van der Waals surface area contributed by atoms with Crippen LogP contribution in [-0.4, -0.2) is 94.3 Å². The average molecular weight is 687 g/mol. The molecule has 262 valence electrons. The molecule has 2 aliphatic rings. The van der Waals surface area contributed by atoms with Gasteiger partial charge in [-0.3, -0.25) is 0 Å². The molecule has 4 rings (SSSR count). The van der Waals surface area contributed by atoms with Gasteiger partial charge in [0.05, 0.1) is 0 Å². The Labute approximate surface area is 274 Å². The van der Waals surface area contributed by atoms with Crippen LogP contribution in [0.25, 0.3) is 11.2 Å². The number of fused-ring (bicyclic) bond motifs is 2. The van der Waals surface area contributed by atoms with Gasteiger partial charge in [0.2, 0.25) is 0 Å². The Balaban J connectivity index is 1.54. The fraction of sp³-hybridized carbons (Fsp3) is 0.806. The van der Waals surface area contributed by atoms with Gasteiger partial charge in [0.1, 0.15) is 5.60 Å². The van der Waals surface area contributed by atoms with Crippen LogP contribution in [0.5, 0.6) is 0 Å². The fourth-order valence-corrected chi connectivity index (χ4v) is 16.3. The van der Waals surface area contributed by atoms with Crippen molar-refractivity contribution in [1.82, 2.24) is 24.2 Å². The van der Waals surface area contributed by atoms with Crippen molar-refractivity contribution in [2.45, 2.75) is 130 Å². The third-order valence-corrected chi connectivity index (χ3v) is 17.4. The molecule has 2 saturated heterocycles. The maximum absolute atomic E-state index is 13.7. The van der Waals surface area contributed by atoms with Gasteiger partial charge in [0.25, 0.3) is 0 Å². The summed E-state index contributed by atoms with van der Waals surface area (Å²) < 4.78 is 56.5. The van der Waals surface area contributed by atoms with Gasteiger partial charge in [0, 0.05) is 0 Å². The molecule has 4 heterocycles. The van der Waals surface area contributed by atoms with Gasteiger partial charge >= 0.3 is 239 Å². The molecule has 4 atom stereocenters. The predicted molar refractivity (Wildman–Crippen MR) is 182 cm³/mol. The average Bonchev–Trinajstić information content (AvgIpc) is 3.62. The van der Waals surface area contributed by atoms with E-state index in [1.165, 1.54) is 6.33 Å². The van der Waals surface area contributed by atoms with E-state index in [2.05, 4.69) is 45.8 Å². The van der Waals surface area contributed by atoms with Gasteiger partial charge in [-0.05, 0) is 20.8 Å².